The number of furan rings is 1. The molecule has 7 nitrogen and oxygen atoms in total. The number of thiophene rings is 1. The summed E-state index contributed by atoms with van der Waals surface area (Å²) < 4.78 is 10.1. The third-order valence-electron chi connectivity index (χ3n) is 5.09. The highest BCUT2D eigenvalue weighted by Gasteiger charge is 2.24. The van der Waals surface area contributed by atoms with Gasteiger partial charge >= 0.3 is 5.97 Å². The number of carbonyl (C=O) groups is 2. The van der Waals surface area contributed by atoms with Gasteiger partial charge in [-0.05, 0) is 49.6 Å². The first-order chi connectivity index (χ1) is 14.0. The fourth-order valence-electron chi connectivity index (χ4n) is 3.71. The quantitative estimate of drug-likeness (QED) is 0.632. The van der Waals surface area contributed by atoms with Gasteiger partial charge in [-0.15, -0.1) is 11.3 Å². The second-order valence-corrected chi connectivity index (χ2v) is 8.37. The zero-order valence-electron chi connectivity index (χ0n) is 16.4. The van der Waals surface area contributed by atoms with E-state index in [1.165, 1.54) is 37.6 Å². The Balaban J connectivity index is 1.64. The molecule has 1 atom stereocenters. The number of fused-ring (bicyclic) bond motifs is 1. The molecule has 0 saturated carbocycles. The summed E-state index contributed by atoms with van der Waals surface area (Å²) in [5.74, 6) is -0.0621. The fraction of sp³-hybridized carbons (Fsp3) is 0.381. The molecule has 1 aliphatic rings. The fourth-order valence-corrected chi connectivity index (χ4v) is 4.77. The Bertz CT molecular complexity index is 1030. The van der Waals surface area contributed by atoms with Crippen molar-refractivity contribution in [2.75, 3.05) is 25.5 Å². The van der Waals surface area contributed by atoms with Crippen molar-refractivity contribution in [3.8, 4) is 0 Å². The van der Waals surface area contributed by atoms with Gasteiger partial charge in [0.05, 0.1) is 24.8 Å². The van der Waals surface area contributed by atoms with Gasteiger partial charge in [0.1, 0.15) is 9.71 Å². The van der Waals surface area contributed by atoms with E-state index in [9.17, 15) is 9.59 Å². The second kappa shape index (κ2) is 8.34. The zero-order valence-corrected chi connectivity index (χ0v) is 17.3. The summed E-state index contributed by atoms with van der Waals surface area (Å²) in [4.78, 5) is 32.9. The summed E-state index contributed by atoms with van der Waals surface area (Å²) in [6.45, 7) is 5.20. The minimum absolute atomic E-state index is 0.170. The lowest BCUT2D eigenvalue weighted by atomic mass is 10.0. The van der Waals surface area contributed by atoms with Crippen LogP contribution in [-0.2, 0) is 11.3 Å². The summed E-state index contributed by atoms with van der Waals surface area (Å²) >= 11 is 1.22. The van der Waals surface area contributed by atoms with Crippen molar-refractivity contribution in [2.24, 2.45) is 5.92 Å². The number of aromatic nitrogens is 1. The van der Waals surface area contributed by atoms with Gasteiger partial charge in [-0.3, -0.25) is 9.69 Å². The smallest absolute Gasteiger partial charge is 0.350 e. The molecule has 0 aliphatic carbocycles. The van der Waals surface area contributed by atoms with Crippen molar-refractivity contribution in [2.45, 2.75) is 26.3 Å². The largest absolute Gasteiger partial charge is 0.465 e. The van der Waals surface area contributed by atoms with Crippen LogP contribution in [0.25, 0.3) is 10.2 Å². The molecular weight excluding hydrogens is 390 g/mol. The minimum Gasteiger partial charge on any atom is -0.465 e. The molecule has 4 heterocycles. The number of piperidine rings is 1. The lowest BCUT2D eigenvalue weighted by molar-refractivity contribution is 0.0607. The summed E-state index contributed by atoms with van der Waals surface area (Å²) in [6, 6.07) is 7.07. The number of nitrogens with zero attached hydrogens (tertiary/aromatic N) is 2. The van der Waals surface area contributed by atoms with E-state index in [2.05, 4.69) is 17.1 Å². The molecule has 3 aromatic heterocycles. The van der Waals surface area contributed by atoms with Crippen LogP contribution in [0.3, 0.4) is 0 Å². The average Bonchev–Trinajstić information content (AvgIpc) is 3.36. The van der Waals surface area contributed by atoms with Crippen LogP contribution in [0.4, 0.5) is 5.69 Å². The van der Waals surface area contributed by atoms with Crippen LogP contribution in [0.5, 0.6) is 0 Å². The predicted molar refractivity (Wildman–Crippen MR) is 111 cm³/mol. The molecule has 3 aromatic rings. The molecule has 0 aromatic carbocycles. The molecule has 1 fully saturated rings. The molecule has 0 bridgehead atoms. The van der Waals surface area contributed by atoms with E-state index in [1.807, 2.05) is 12.1 Å². The first-order valence-corrected chi connectivity index (χ1v) is 10.4. The number of hydrogen-bond acceptors (Lipinski definition) is 7. The average molecular weight is 413 g/mol. The maximum atomic E-state index is 12.5. The predicted octanol–water partition coefficient (Wildman–Crippen LogP) is 4.16. The van der Waals surface area contributed by atoms with Crippen molar-refractivity contribution in [3.05, 3.63) is 46.9 Å². The summed E-state index contributed by atoms with van der Waals surface area (Å²) in [5.41, 5.74) is 1.36. The van der Waals surface area contributed by atoms with Crippen LogP contribution in [-0.4, -0.2) is 42.0 Å². The number of amides is 1. The van der Waals surface area contributed by atoms with E-state index in [0.29, 0.717) is 26.7 Å². The number of rotatable bonds is 5. The van der Waals surface area contributed by atoms with Crippen molar-refractivity contribution in [1.82, 2.24) is 9.88 Å². The van der Waals surface area contributed by atoms with E-state index in [4.69, 9.17) is 14.1 Å². The minimum atomic E-state index is -0.505. The number of hydrogen-bond donors (Lipinski definition) is 1. The van der Waals surface area contributed by atoms with Crippen LogP contribution in [0.1, 0.15) is 45.7 Å². The monoisotopic (exact) mass is 413 g/mol. The van der Waals surface area contributed by atoms with Gasteiger partial charge in [-0.2, -0.15) is 0 Å². The highest BCUT2D eigenvalue weighted by Crippen LogP contribution is 2.36. The van der Waals surface area contributed by atoms with Gasteiger partial charge in [0.25, 0.3) is 5.91 Å². The molecule has 0 spiro atoms. The maximum Gasteiger partial charge on any atom is 0.350 e. The Kier molecular flexibility index (Phi) is 5.64. The van der Waals surface area contributed by atoms with E-state index in [0.717, 1.165) is 25.3 Å². The Hall–Kier alpha value is -2.71. The zero-order chi connectivity index (χ0) is 20.4. The number of nitrogens with one attached hydrogen (secondary N) is 1. The Morgan fingerprint density at radius 3 is 2.97 bits per heavy atom. The summed E-state index contributed by atoms with van der Waals surface area (Å²) in [5, 5.41) is 3.50. The van der Waals surface area contributed by atoms with E-state index in [-0.39, 0.29) is 5.76 Å². The van der Waals surface area contributed by atoms with Gasteiger partial charge < -0.3 is 14.5 Å². The standard InChI is InChI=1S/C21H23N3O4S/c1-13-5-3-9-24(11-13)12-14-7-8-15-17(23-19(25)16-6-4-10-28-16)18(21(26)27-2)29-20(15)22-14/h4,6-8,10,13H,3,5,9,11-12H2,1-2H3,(H,23,25). The molecule has 1 amide bonds. The Morgan fingerprint density at radius 2 is 2.24 bits per heavy atom. The number of pyridine rings is 1. The van der Waals surface area contributed by atoms with Crippen molar-refractivity contribution in [1.29, 1.82) is 0 Å². The summed E-state index contributed by atoms with van der Waals surface area (Å²) in [7, 11) is 1.32. The molecule has 1 saturated heterocycles. The number of esters is 1. The number of likely N-dealkylation sites (tertiary alicyclic amines) is 1. The molecule has 8 heteroatoms. The summed E-state index contributed by atoms with van der Waals surface area (Å²) in [6.07, 6.45) is 3.91. The third kappa shape index (κ3) is 4.18. The van der Waals surface area contributed by atoms with Crippen LogP contribution in [0.15, 0.2) is 34.9 Å². The Morgan fingerprint density at radius 1 is 1.38 bits per heavy atom. The number of methoxy groups -OCH3 is 1. The SMILES string of the molecule is COC(=O)c1sc2nc(CN3CCCC(C)C3)ccc2c1NC(=O)c1ccco1. The maximum absolute atomic E-state index is 12.5. The molecule has 4 rings (SSSR count). The van der Waals surface area contributed by atoms with Crippen molar-refractivity contribution >= 4 is 39.1 Å². The lowest BCUT2D eigenvalue weighted by Gasteiger charge is -2.30. The highest BCUT2D eigenvalue weighted by molar-refractivity contribution is 7.21. The number of ether oxygens (including phenoxy) is 1. The van der Waals surface area contributed by atoms with Gasteiger partial charge in [0, 0.05) is 18.5 Å². The molecule has 1 N–H and O–H groups in total. The highest BCUT2D eigenvalue weighted by atomic mass is 32.1. The Labute approximate surface area is 172 Å². The van der Waals surface area contributed by atoms with Crippen LogP contribution >= 0.6 is 11.3 Å². The van der Waals surface area contributed by atoms with Crippen molar-refractivity contribution < 1.29 is 18.7 Å². The van der Waals surface area contributed by atoms with Gasteiger partial charge in [0.2, 0.25) is 0 Å². The number of anilines is 1. The first kappa shape index (κ1) is 19.6. The molecule has 0 radical (unpaired) electrons. The van der Waals surface area contributed by atoms with Crippen LogP contribution in [0, 0.1) is 5.92 Å². The van der Waals surface area contributed by atoms with E-state index < -0.39 is 11.9 Å². The molecular formula is C21H23N3O4S. The normalized spacial score (nSPS) is 17.4. The first-order valence-electron chi connectivity index (χ1n) is 9.63. The molecule has 29 heavy (non-hydrogen) atoms. The molecule has 1 aliphatic heterocycles. The molecule has 152 valence electrons. The van der Waals surface area contributed by atoms with Gasteiger partial charge in [-0.25, -0.2) is 9.78 Å². The van der Waals surface area contributed by atoms with Gasteiger partial charge in [0.15, 0.2) is 5.76 Å². The van der Waals surface area contributed by atoms with Crippen molar-refractivity contribution in [3.63, 3.8) is 0 Å². The van der Waals surface area contributed by atoms with Crippen LogP contribution < -0.4 is 5.32 Å². The lowest BCUT2D eigenvalue weighted by Crippen LogP contribution is -2.33. The van der Waals surface area contributed by atoms with Gasteiger partial charge in [-0.1, -0.05) is 6.92 Å². The second-order valence-electron chi connectivity index (χ2n) is 7.37. The van der Waals surface area contributed by atoms with E-state index in [1.54, 1.807) is 12.1 Å². The van der Waals surface area contributed by atoms with Crippen LogP contribution in [0.2, 0.25) is 0 Å². The topological polar surface area (TPSA) is 84.7 Å². The number of carbonyl (C=O) groups excluding carboxylic acids is 2. The third-order valence-corrected chi connectivity index (χ3v) is 6.17. The van der Waals surface area contributed by atoms with E-state index >= 15 is 0 Å². The molecule has 1 unspecified atom stereocenters.